The van der Waals surface area contributed by atoms with E-state index in [-0.39, 0.29) is 18.8 Å². The zero-order chi connectivity index (χ0) is 16.9. The molecule has 6 nitrogen and oxygen atoms in total. The first-order valence-electron chi connectivity index (χ1n) is 7.77. The van der Waals surface area contributed by atoms with Crippen molar-refractivity contribution in [1.29, 1.82) is 0 Å². The van der Waals surface area contributed by atoms with Gasteiger partial charge in [-0.1, -0.05) is 18.2 Å². The van der Waals surface area contributed by atoms with Crippen LogP contribution in [0.15, 0.2) is 64.1 Å². The van der Waals surface area contributed by atoms with E-state index in [0.29, 0.717) is 12.4 Å². The zero-order valence-corrected chi connectivity index (χ0v) is 13.5. The number of imidazole rings is 1. The molecule has 0 fully saturated rings. The molecular weight excluding hydrogens is 308 g/mol. The van der Waals surface area contributed by atoms with Crippen LogP contribution in [0, 0.1) is 6.92 Å². The summed E-state index contributed by atoms with van der Waals surface area (Å²) in [6.45, 7) is 2.47. The van der Waals surface area contributed by atoms with Gasteiger partial charge in [0.15, 0.2) is 0 Å². The van der Waals surface area contributed by atoms with Gasteiger partial charge in [-0.3, -0.25) is 9.13 Å². The van der Waals surface area contributed by atoms with E-state index in [9.17, 15) is 9.90 Å². The van der Waals surface area contributed by atoms with E-state index in [2.05, 4.69) is 0 Å². The Hall–Kier alpha value is -2.57. The molecule has 0 radical (unpaired) electrons. The number of aliphatic hydroxyl groups is 1. The van der Waals surface area contributed by atoms with E-state index in [1.54, 1.807) is 29.2 Å². The Morgan fingerprint density at radius 1 is 1.21 bits per heavy atom. The summed E-state index contributed by atoms with van der Waals surface area (Å²) in [5.74, 6) is 0.699. The normalized spacial score (nSPS) is 12.4. The molecule has 3 aromatic rings. The lowest BCUT2D eigenvalue weighted by Crippen LogP contribution is -2.30. The highest BCUT2D eigenvalue weighted by atomic mass is 16.5. The van der Waals surface area contributed by atoms with Gasteiger partial charge in [0.2, 0.25) is 0 Å². The highest BCUT2D eigenvalue weighted by Gasteiger charge is 2.13. The maximum Gasteiger partial charge on any atom is 0.333 e. The number of hydrogen-bond acceptors (Lipinski definition) is 4. The second-order valence-electron chi connectivity index (χ2n) is 5.62. The van der Waals surface area contributed by atoms with Crippen molar-refractivity contribution >= 4 is 0 Å². The largest absolute Gasteiger partial charge is 0.467 e. The van der Waals surface area contributed by atoms with Crippen LogP contribution in [0.25, 0.3) is 5.69 Å². The van der Waals surface area contributed by atoms with E-state index in [0.717, 1.165) is 11.4 Å². The first-order chi connectivity index (χ1) is 11.6. The van der Waals surface area contributed by atoms with Crippen LogP contribution < -0.4 is 5.69 Å². The summed E-state index contributed by atoms with van der Waals surface area (Å²) in [5.41, 5.74) is 1.45. The molecule has 2 aromatic heterocycles. The van der Waals surface area contributed by atoms with Crippen LogP contribution in [0.3, 0.4) is 0 Å². The number of ether oxygens (including phenoxy) is 1. The predicted octanol–water partition coefficient (Wildman–Crippen LogP) is 2.12. The lowest BCUT2D eigenvalue weighted by molar-refractivity contribution is 0.0142. The van der Waals surface area contributed by atoms with Gasteiger partial charge in [0.05, 0.1) is 31.2 Å². The lowest BCUT2D eigenvalue weighted by atomic mass is 10.3. The molecule has 0 aliphatic heterocycles. The van der Waals surface area contributed by atoms with Crippen LogP contribution in [0.2, 0.25) is 0 Å². The number of aryl methyl sites for hydroxylation is 1. The molecule has 3 rings (SSSR count). The molecule has 0 bridgehead atoms. The van der Waals surface area contributed by atoms with Gasteiger partial charge in [-0.25, -0.2) is 4.79 Å². The van der Waals surface area contributed by atoms with E-state index in [4.69, 9.17) is 9.15 Å². The fourth-order valence-corrected chi connectivity index (χ4v) is 2.61. The molecule has 0 amide bonds. The number of nitrogens with zero attached hydrogens (tertiary/aromatic N) is 2. The summed E-state index contributed by atoms with van der Waals surface area (Å²) in [5, 5.41) is 10.1. The standard InChI is InChI=1S/C18H20N2O4/c1-14-10-19(18(22)20(14)15-6-3-2-4-7-15)11-16(21)12-23-13-17-8-5-9-24-17/h2-10,16,21H,11-13H2,1H3. The summed E-state index contributed by atoms with van der Waals surface area (Å²) < 4.78 is 13.7. The molecule has 0 saturated carbocycles. The summed E-state index contributed by atoms with van der Waals surface area (Å²) in [4.78, 5) is 12.5. The maximum absolute atomic E-state index is 12.5. The highest BCUT2D eigenvalue weighted by molar-refractivity contribution is 5.33. The van der Waals surface area contributed by atoms with Crippen LogP contribution in [0.1, 0.15) is 11.5 Å². The Labute approximate surface area is 139 Å². The molecule has 24 heavy (non-hydrogen) atoms. The number of benzene rings is 1. The Morgan fingerprint density at radius 2 is 2.00 bits per heavy atom. The number of furan rings is 1. The SMILES string of the molecule is Cc1cn(CC(O)COCc2ccco2)c(=O)n1-c1ccccc1. The molecule has 6 heteroatoms. The molecule has 0 spiro atoms. The van der Waals surface area contributed by atoms with E-state index < -0.39 is 6.10 Å². The van der Waals surface area contributed by atoms with Gasteiger partial charge in [0.25, 0.3) is 0 Å². The first kappa shape index (κ1) is 16.3. The van der Waals surface area contributed by atoms with Gasteiger partial charge < -0.3 is 14.3 Å². The van der Waals surface area contributed by atoms with Crippen molar-refractivity contribution in [3.8, 4) is 5.69 Å². The number of hydrogen-bond donors (Lipinski definition) is 1. The van der Waals surface area contributed by atoms with E-state index >= 15 is 0 Å². The van der Waals surface area contributed by atoms with Gasteiger partial charge in [0, 0.05) is 11.9 Å². The highest BCUT2D eigenvalue weighted by Crippen LogP contribution is 2.08. The summed E-state index contributed by atoms with van der Waals surface area (Å²) >= 11 is 0. The lowest BCUT2D eigenvalue weighted by Gasteiger charge is -2.10. The van der Waals surface area contributed by atoms with Crippen molar-refractivity contribution in [3.05, 3.63) is 76.9 Å². The molecular formula is C18H20N2O4. The third kappa shape index (κ3) is 3.67. The summed E-state index contributed by atoms with van der Waals surface area (Å²) in [7, 11) is 0. The zero-order valence-electron chi connectivity index (χ0n) is 13.5. The maximum atomic E-state index is 12.5. The Balaban J connectivity index is 1.64. The fourth-order valence-electron chi connectivity index (χ4n) is 2.61. The number of rotatable bonds is 7. The third-order valence-corrected chi connectivity index (χ3v) is 3.69. The van der Waals surface area contributed by atoms with Gasteiger partial charge in [0.1, 0.15) is 12.4 Å². The van der Waals surface area contributed by atoms with Crippen LogP contribution >= 0.6 is 0 Å². The quantitative estimate of drug-likeness (QED) is 0.721. The smallest absolute Gasteiger partial charge is 0.333 e. The number of para-hydroxylation sites is 1. The second-order valence-corrected chi connectivity index (χ2v) is 5.62. The molecule has 126 valence electrons. The van der Waals surface area contributed by atoms with Crippen molar-refractivity contribution in [1.82, 2.24) is 9.13 Å². The van der Waals surface area contributed by atoms with Crippen molar-refractivity contribution < 1.29 is 14.3 Å². The molecule has 0 aliphatic rings. The van der Waals surface area contributed by atoms with Crippen molar-refractivity contribution in [2.45, 2.75) is 26.2 Å². The Bertz CT molecular complexity index is 819. The predicted molar refractivity (Wildman–Crippen MR) is 89.1 cm³/mol. The minimum atomic E-state index is -0.774. The molecule has 1 N–H and O–H groups in total. The average Bonchev–Trinajstić information content (AvgIpc) is 3.17. The van der Waals surface area contributed by atoms with Crippen molar-refractivity contribution in [2.75, 3.05) is 6.61 Å². The Kier molecular flexibility index (Phi) is 4.98. The van der Waals surface area contributed by atoms with Crippen molar-refractivity contribution in [3.63, 3.8) is 0 Å². The van der Waals surface area contributed by atoms with Gasteiger partial charge >= 0.3 is 5.69 Å². The van der Waals surface area contributed by atoms with E-state index in [1.165, 1.54) is 4.57 Å². The van der Waals surface area contributed by atoms with Crippen LogP contribution in [-0.4, -0.2) is 27.0 Å². The molecule has 1 unspecified atom stereocenters. The molecule has 0 saturated heterocycles. The molecule has 1 aromatic carbocycles. The minimum Gasteiger partial charge on any atom is -0.467 e. The first-order valence-corrected chi connectivity index (χ1v) is 7.77. The number of aromatic nitrogens is 2. The summed E-state index contributed by atoms with van der Waals surface area (Å²) in [6.07, 6.45) is 2.54. The summed E-state index contributed by atoms with van der Waals surface area (Å²) in [6, 6.07) is 13.0. The fraction of sp³-hybridized carbons (Fsp3) is 0.278. The van der Waals surface area contributed by atoms with Crippen LogP contribution in [0.5, 0.6) is 0 Å². The third-order valence-electron chi connectivity index (χ3n) is 3.69. The van der Waals surface area contributed by atoms with Gasteiger partial charge in [-0.05, 0) is 31.2 Å². The van der Waals surface area contributed by atoms with Crippen molar-refractivity contribution in [2.24, 2.45) is 0 Å². The molecule has 2 heterocycles. The van der Waals surface area contributed by atoms with Gasteiger partial charge in [-0.15, -0.1) is 0 Å². The van der Waals surface area contributed by atoms with Crippen LogP contribution in [0.4, 0.5) is 0 Å². The second kappa shape index (κ2) is 7.33. The molecule has 0 aliphatic carbocycles. The van der Waals surface area contributed by atoms with Gasteiger partial charge in [-0.2, -0.15) is 0 Å². The minimum absolute atomic E-state index is 0.128. The van der Waals surface area contributed by atoms with Crippen LogP contribution in [-0.2, 0) is 17.9 Å². The Morgan fingerprint density at radius 3 is 2.71 bits per heavy atom. The van der Waals surface area contributed by atoms with E-state index in [1.807, 2.05) is 37.3 Å². The average molecular weight is 328 g/mol. The molecule has 1 atom stereocenters. The monoisotopic (exact) mass is 328 g/mol. The number of aliphatic hydroxyl groups excluding tert-OH is 1. The topological polar surface area (TPSA) is 69.5 Å².